The van der Waals surface area contributed by atoms with E-state index in [1.807, 2.05) is 0 Å². The van der Waals surface area contributed by atoms with E-state index in [4.69, 9.17) is 21.1 Å². The average Bonchev–Trinajstić information content (AvgIpc) is 3.29. The molecule has 0 aliphatic carbocycles. The lowest BCUT2D eigenvalue weighted by molar-refractivity contribution is 0.0663. The number of halogens is 1. The van der Waals surface area contributed by atoms with Crippen molar-refractivity contribution in [3.05, 3.63) is 70.9 Å². The standard InChI is InChI=1S/C19H12ClN3O4/c20-13-4-2-1-3-11(13)18(24)21-17-12-9-10(5-6-14(12)22-23-17)15-7-8-16(27-15)19(25)26/h1-9H,(H,25,26)(H2,21,22,23,24). The summed E-state index contributed by atoms with van der Waals surface area (Å²) in [7, 11) is 0. The first-order valence-corrected chi connectivity index (χ1v) is 8.28. The van der Waals surface area contributed by atoms with E-state index in [-0.39, 0.29) is 11.7 Å². The van der Waals surface area contributed by atoms with Gasteiger partial charge in [0.2, 0.25) is 5.76 Å². The molecule has 8 heteroatoms. The number of benzene rings is 2. The minimum absolute atomic E-state index is 0.149. The molecule has 0 aliphatic heterocycles. The fourth-order valence-electron chi connectivity index (χ4n) is 2.69. The van der Waals surface area contributed by atoms with Crippen molar-refractivity contribution in [1.29, 1.82) is 0 Å². The highest BCUT2D eigenvalue weighted by atomic mass is 35.5. The number of fused-ring (bicyclic) bond motifs is 1. The van der Waals surface area contributed by atoms with Crippen molar-refractivity contribution in [2.24, 2.45) is 0 Å². The van der Waals surface area contributed by atoms with Gasteiger partial charge >= 0.3 is 5.97 Å². The molecule has 27 heavy (non-hydrogen) atoms. The smallest absolute Gasteiger partial charge is 0.371 e. The Morgan fingerprint density at radius 3 is 2.67 bits per heavy atom. The normalized spacial score (nSPS) is 10.9. The summed E-state index contributed by atoms with van der Waals surface area (Å²) in [4.78, 5) is 23.5. The van der Waals surface area contributed by atoms with E-state index in [1.165, 1.54) is 6.07 Å². The van der Waals surface area contributed by atoms with Gasteiger partial charge in [0.25, 0.3) is 5.91 Å². The number of anilines is 1. The van der Waals surface area contributed by atoms with E-state index >= 15 is 0 Å². The van der Waals surface area contributed by atoms with Crippen LogP contribution in [0, 0.1) is 0 Å². The minimum atomic E-state index is -1.14. The Bertz CT molecular complexity index is 1180. The lowest BCUT2D eigenvalue weighted by Gasteiger charge is -2.05. The van der Waals surface area contributed by atoms with Crippen LogP contribution in [0.5, 0.6) is 0 Å². The number of carboxylic acid groups (broad SMARTS) is 1. The zero-order chi connectivity index (χ0) is 19.0. The van der Waals surface area contributed by atoms with Crippen LogP contribution in [0.4, 0.5) is 5.82 Å². The number of carboxylic acids is 1. The molecule has 2 aromatic carbocycles. The molecule has 4 aromatic rings. The zero-order valence-electron chi connectivity index (χ0n) is 13.7. The van der Waals surface area contributed by atoms with Crippen LogP contribution in [0.25, 0.3) is 22.2 Å². The van der Waals surface area contributed by atoms with Crippen molar-refractivity contribution < 1.29 is 19.1 Å². The first-order chi connectivity index (χ1) is 13.0. The number of hydrogen-bond acceptors (Lipinski definition) is 4. The quantitative estimate of drug-likeness (QED) is 0.484. The van der Waals surface area contributed by atoms with Crippen LogP contribution >= 0.6 is 11.6 Å². The Labute approximate surface area is 157 Å². The lowest BCUT2D eigenvalue weighted by Crippen LogP contribution is -2.12. The third-order valence-electron chi connectivity index (χ3n) is 4.01. The second-order valence-corrected chi connectivity index (χ2v) is 6.14. The Kier molecular flexibility index (Phi) is 4.13. The molecular weight excluding hydrogens is 370 g/mol. The summed E-state index contributed by atoms with van der Waals surface area (Å²) >= 11 is 6.06. The van der Waals surface area contributed by atoms with E-state index in [9.17, 15) is 9.59 Å². The SMILES string of the molecule is O=C(O)c1ccc(-c2ccc3[nH]nc(NC(=O)c4ccccc4Cl)c3c2)o1. The van der Waals surface area contributed by atoms with Crippen LogP contribution in [-0.4, -0.2) is 27.2 Å². The number of furan rings is 1. The number of hydrogen-bond donors (Lipinski definition) is 3. The van der Waals surface area contributed by atoms with Crippen LogP contribution < -0.4 is 5.32 Å². The molecule has 0 saturated heterocycles. The highest BCUT2D eigenvalue weighted by molar-refractivity contribution is 6.34. The van der Waals surface area contributed by atoms with Crippen LogP contribution in [-0.2, 0) is 0 Å². The molecule has 3 N–H and O–H groups in total. The number of carbonyl (C=O) groups is 2. The summed E-state index contributed by atoms with van der Waals surface area (Å²) in [6.07, 6.45) is 0. The van der Waals surface area contributed by atoms with Crippen LogP contribution in [0.3, 0.4) is 0 Å². The molecule has 2 aromatic heterocycles. The maximum absolute atomic E-state index is 12.5. The number of aromatic nitrogens is 2. The number of nitrogens with one attached hydrogen (secondary N) is 2. The van der Waals surface area contributed by atoms with Crippen molar-refractivity contribution in [3.8, 4) is 11.3 Å². The number of carbonyl (C=O) groups excluding carboxylic acids is 1. The highest BCUT2D eigenvalue weighted by Gasteiger charge is 2.16. The van der Waals surface area contributed by atoms with E-state index in [2.05, 4.69) is 15.5 Å². The molecular formula is C19H12ClN3O4. The first kappa shape index (κ1) is 16.9. The maximum atomic E-state index is 12.5. The molecule has 0 saturated carbocycles. The Morgan fingerprint density at radius 1 is 1.11 bits per heavy atom. The van der Waals surface area contributed by atoms with Gasteiger partial charge in [-0.3, -0.25) is 9.89 Å². The lowest BCUT2D eigenvalue weighted by atomic mass is 10.1. The molecule has 0 unspecified atom stereocenters. The average molecular weight is 382 g/mol. The number of aromatic amines is 1. The van der Waals surface area contributed by atoms with Crippen LogP contribution in [0.1, 0.15) is 20.9 Å². The molecule has 0 radical (unpaired) electrons. The molecule has 4 rings (SSSR count). The van der Waals surface area contributed by atoms with Crippen molar-refractivity contribution in [1.82, 2.24) is 10.2 Å². The second kappa shape index (κ2) is 6.62. The summed E-state index contributed by atoms with van der Waals surface area (Å²) < 4.78 is 5.33. The van der Waals surface area contributed by atoms with E-state index in [0.717, 1.165) is 0 Å². The van der Waals surface area contributed by atoms with Gasteiger partial charge in [-0.05, 0) is 42.5 Å². The van der Waals surface area contributed by atoms with Gasteiger partial charge in [0.15, 0.2) is 5.82 Å². The van der Waals surface area contributed by atoms with Gasteiger partial charge in [-0.25, -0.2) is 4.79 Å². The predicted molar refractivity (Wildman–Crippen MR) is 100 cm³/mol. The van der Waals surface area contributed by atoms with E-state index in [0.29, 0.717) is 38.6 Å². The van der Waals surface area contributed by atoms with Crippen LogP contribution in [0.2, 0.25) is 5.02 Å². The largest absolute Gasteiger partial charge is 0.475 e. The summed E-state index contributed by atoms with van der Waals surface area (Å²) in [5.41, 5.74) is 1.70. The Balaban J connectivity index is 1.69. The van der Waals surface area contributed by atoms with E-state index in [1.54, 1.807) is 48.5 Å². The van der Waals surface area contributed by atoms with Crippen LogP contribution in [0.15, 0.2) is 59.0 Å². The van der Waals surface area contributed by atoms with Gasteiger partial charge < -0.3 is 14.8 Å². The van der Waals surface area contributed by atoms with Gasteiger partial charge in [0, 0.05) is 10.9 Å². The van der Waals surface area contributed by atoms with E-state index < -0.39 is 5.97 Å². The third kappa shape index (κ3) is 3.16. The summed E-state index contributed by atoms with van der Waals surface area (Å²) in [5.74, 6) is -0.936. The summed E-state index contributed by atoms with van der Waals surface area (Å²) in [5, 5.41) is 19.7. The van der Waals surface area contributed by atoms with Crippen molar-refractivity contribution in [2.45, 2.75) is 0 Å². The zero-order valence-corrected chi connectivity index (χ0v) is 14.4. The minimum Gasteiger partial charge on any atom is -0.475 e. The highest BCUT2D eigenvalue weighted by Crippen LogP contribution is 2.29. The Hall–Kier alpha value is -3.58. The van der Waals surface area contributed by atoms with Gasteiger partial charge in [-0.2, -0.15) is 5.10 Å². The predicted octanol–water partition coefficient (Wildman–Crippen LogP) is 4.43. The molecule has 7 nitrogen and oxygen atoms in total. The molecule has 2 heterocycles. The molecule has 0 fully saturated rings. The summed E-state index contributed by atoms with van der Waals surface area (Å²) in [6.45, 7) is 0. The number of aromatic carboxylic acids is 1. The summed E-state index contributed by atoms with van der Waals surface area (Å²) in [6, 6.07) is 15.0. The van der Waals surface area contributed by atoms with Crippen molar-refractivity contribution in [2.75, 3.05) is 5.32 Å². The Morgan fingerprint density at radius 2 is 1.93 bits per heavy atom. The number of amides is 1. The monoisotopic (exact) mass is 381 g/mol. The second-order valence-electron chi connectivity index (χ2n) is 5.74. The van der Waals surface area contributed by atoms with Gasteiger partial charge in [-0.15, -0.1) is 0 Å². The fourth-order valence-corrected chi connectivity index (χ4v) is 2.91. The first-order valence-electron chi connectivity index (χ1n) is 7.90. The molecule has 0 aliphatic rings. The van der Waals surface area contributed by atoms with Gasteiger partial charge in [-0.1, -0.05) is 23.7 Å². The molecule has 0 atom stereocenters. The molecule has 1 amide bonds. The van der Waals surface area contributed by atoms with Gasteiger partial charge in [0.05, 0.1) is 16.1 Å². The number of H-pyrrole nitrogens is 1. The third-order valence-corrected chi connectivity index (χ3v) is 4.34. The van der Waals surface area contributed by atoms with Crippen molar-refractivity contribution >= 4 is 40.2 Å². The fraction of sp³-hybridized carbons (Fsp3) is 0. The van der Waals surface area contributed by atoms with Gasteiger partial charge in [0.1, 0.15) is 5.76 Å². The molecule has 0 spiro atoms. The topological polar surface area (TPSA) is 108 Å². The van der Waals surface area contributed by atoms with Crippen molar-refractivity contribution in [3.63, 3.8) is 0 Å². The molecule has 0 bridgehead atoms. The number of rotatable bonds is 4. The maximum Gasteiger partial charge on any atom is 0.371 e. The number of nitrogens with zero attached hydrogens (tertiary/aromatic N) is 1. The molecule has 134 valence electrons.